The van der Waals surface area contributed by atoms with Crippen LogP contribution in [0.2, 0.25) is 0 Å². The molecule has 0 aliphatic rings. The minimum atomic E-state index is 0.189. The monoisotopic (exact) mass is 322 g/mol. The molecule has 2 rings (SSSR count). The molecule has 0 aliphatic carbocycles. The van der Waals surface area contributed by atoms with Crippen LogP contribution in [0, 0.1) is 0 Å². The Morgan fingerprint density at radius 1 is 0.667 bits per heavy atom. The van der Waals surface area contributed by atoms with Crippen molar-refractivity contribution in [1.82, 2.24) is 0 Å². The van der Waals surface area contributed by atoms with Gasteiger partial charge in [0, 0.05) is 11.1 Å². The van der Waals surface area contributed by atoms with E-state index in [0.29, 0.717) is 0 Å². The molecule has 1 nitrogen and oxygen atoms in total. The largest absolute Gasteiger partial charge is 0.289 e. The maximum atomic E-state index is 13.2. The van der Waals surface area contributed by atoms with Crippen molar-refractivity contribution in [2.75, 3.05) is 0 Å². The molecule has 2 aromatic carbocycles. The van der Waals surface area contributed by atoms with E-state index in [1.807, 2.05) is 36.4 Å². The van der Waals surface area contributed by atoms with Crippen molar-refractivity contribution in [3.63, 3.8) is 0 Å². The van der Waals surface area contributed by atoms with Crippen LogP contribution in [-0.2, 0) is 12.8 Å². The molecular weight excluding hydrogens is 292 g/mol. The van der Waals surface area contributed by atoms with E-state index in [0.717, 1.165) is 36.8 Å². The molecule has 0 spiro atoms. The predicted octanol–water partition coefficient (Wildman–Crippen LogP) is 6.38. The average Bonchev–Trinajstić information content (AvgIpc) is 2.62. The first-order valence-electron chi connectivity index (χ1n) is 9.48. The summed E-state index contributed by atoms with van der Waals surface area (Å²) < 4.78 is 0. The molecule has 0 atom stereocenters. The number of carbonyl (C=O) groups is 1. The number of unbranched alkanes of at least 4 members (excludes halogenated alkanes) is 4. The van der Waals surface area contributed by atoms with Crippen molar-refractivity contribution < 1.29 is 4.79 Å². The van der Waals surface area contributed by atoms with Crippen LogP contribution in [0.15, 0.2) is 48.5 Å². The Morgan fingerprint density at radius 3 is 1.50 bits per heavy atom. The van der Waals surface area contributed by atoms with Gasteiger partial charge >= 0.3 is 0 Å². The van der Waals surface area contributed by atoms with Gasteiger partial charge in [0.1, 0.15) is 0 Å². The van der Waals surface area contributed by atoms with Gasteiger partial charge in [0.15, 0.2) is 5.78 Å². The summed E-state index contributed by atoms with van der Waals surface area (Å²) in [5, 5.41) is 0. The van der Waals surface area contributed by atoms with Crippen LogP contribution in [-0.4, -0.2) is 5.78 Å². The van der Waals surface area contributed by atoms with Gasteiger partial charge in [-0.2, -0.15) is 0 Å². The third-order valence-electron chi connectivity index (χ3n) is 4.62. The Labute approximate surface area is 147 Å². The first-order chi connectivity index (χ1) is 11.8. The molecule has 128 valence electrons. The number of carbonyl (C=O) groups excluding carboxylic acids is 1. The summed E-state index contributed by atoms with van der Waals surface area (Å²) in [5.41, 5.74) is 4.16. The van der Waals surface area contributed by atoms with E-state index in [9.17, 15) is 4.79 Å². The first kappa shape index (κ1) is 18.4. The summed E-state index contributed by atoms with van der Waals surface area (Å²) in [6.45, 7) is 4.42. The highest BCUT2D eigenvalue weighted by Crippen LogP contribution is 2.21. The summed E-state index contributed by atoms with van der Waals surface area (Å²) in [4.78, 5) is 13.2. The van der Waals surface area contributed by atoms with Crippen molar-refractivity contribution in [2.45, 2.75) is 65.2 Å². The smallest absolute Gasteiger partial charge is 0.193 e. The zero-order chi connectivity index (χ0) is 17.2. The SMILES string of the molecule is CCCCCc1ccccc1C(=O)c1ccccc1CCCCC. The highest BCUT2D eigenvalue weighted by atomic mass is 16.1. The number of rotatable bonds is 10. The van der Waals surface area contributed by atoms with Crippen molar-refractivity contribution in [3.8, 4) is 0 Å². The quantitative estimate of drug-likeness (QED) is 0.366. The molecule has 24 heavy (non-hydrogen) atoms. The van der Waals surface area contributed by atoms with Crippen molar-refractivity contribution in [2.24, 2.45) is 0 Å². The van der Waals surface area contributed by atoms with E-state index in [1.54, 1.807) is 0 Å². The van der Waals surface area contributed by atoms with Crippen LogP contribution < -0.4 is 0 Å². The molecule has 2 aromatic rings. The molecule has 0 saturated heterocycles. The lowest BCUT2D eigenvalue weighted by atomic mass is 9.91. The zero-order valence-corrected chi connectivity index (χ0v) is 15.2. The van der Waals surface area contributed by atoms with Gasteiger partial charge in [0.2, 0.25) is 0 Å². The maximum Gasteiger partial charge on any atom is 0.193 e. The van der Waals surface area contributed by atoms with Crippen LogP contribution in [0.5, 0.6) is 0 Å². The summed E-state index contributed by atoms with van der Waals surface area (Å²) >= 11 is 0. The molecule has 1 heteroatoms. The summed E-state index contributed by atoms with van der Waals surface area (Å²) in [6, 6.07) is 16.3. The highest BCUT2D eigenvalue weighted by Gasteiger charge is 2.16. The fourth-order valence-corrected chi connectivity index (χ4v) is 3.20. The van der Waals surface area contributed by atoms with Crippen LogP contribution in [0.4, 0.5) is 0 Å². The predicted molar refractivity (Wildman–Crippen MR) is 103 cm³/mol. The van der Waals surface area contributed by atoms with E-state index < -0.39 is 0 Å². The highest BCUT2D eigenvalue weighted by molar-refractivity contribution is 6.10. The number of ketones is 1. The van der Waals surface area contributed by atoms with Crippen LogP contribution in [0.1, 0.15) is 79.4 Å². The van der Waals surface area contributed by atoms with E-state index in [-0.39, 0.29) is 5.78 Å². The van der Waals surface area contributed by atoms with Crippen molar-refractivity contribution >= 4 is 5.78 Å². The van der Waals surface area contributed by atoms with Gasteiger partial charge in [-0.25, -0.2) is 0 Å². The van der Waals surface area contributed by atoms with Crippen molar-refractivity contribution in [1.29, 1.82) is 0 Å². The minimum Gasteiger partial charge on any atom is -0.289 e. The third-order valence-corrected chi connectivity index (χ3v) is 4.62. The molecule has 0 N–H and O–H groups in total. The molecule has 0 heterocycles. The lowest BCUT2D eigenvalue weighted by molar-refractivity contribution is 0.103. The molecule has 0 saturated carbocycles. The first-order valence-corrected chi connectivity index (χ1v) is 9.48. The van der Waals surface area contributed by atoms with Gasteiger partial charge < -0.3 is 0 Å². The van der Waals surface area contributed by atoms with E-state index in [2.05, 4.69) is 26.0 Å². The second kappa shape index (κ2) is 10.1. The summed E-state index contributed by atoms with van der Waals surface area (Å²) in [7, 11) is 0. The lowest BCUT2D eigenvalue weighted by Crippen LogP contribution is -2.08. The normalized spacial score (nSPS) is 10.8. The molecule has 0 unspecified atom stereocenters. The second-order valence-corrected chi connectivity index (χ2v) is 6.56. The van der Waals surface area contributed by atoms with Gasteiger partial charge in [0.25, 0.3) is 0 Å². The molecular formula is C23H30O. The van der Waals surface area contributed by atoms with Crippen LogP contribution in [0.3, 0.4) is 0 Å². The molecule has 0 amide bonds. The Hall–Kier alpha value is -1.89. The Balaban J connectivity index is 2.22. The van der Waals surface area contributed by atoms with Crippen molar-refractivity contribution in [3.05, 3.63) is 70.8 Å². The average molecular weight is 322 g/mol. The van der Waals surface area contributed by atoms with E-state index in [4.69, 9.17) is 0 Å². The van der Waals surface area contributed by atoms with Gasteiger partial charge in [-0.3, -0.25) is 4.79 Å². The van der Waals surface area contributed by atoms with Gasteiger partial charge in [-0.15, -0.1) is 0 Å². The number of hydrogen-bond donors (Lipinski definition) is 0. The Kier molecular flexibility index (Phi) is 7.74. The summed E-state index contributed by atoms with van der Waals surface area (Å²) in [6.07, 6.45) is 9.14. The lowest BCUT2D eigenvalue weighted by Gasteiger charge is -2.12. The molecule has 0 bridgehead atoms. The third kappa shape index (κ3) is 5.06. The maximum absolute atomic E-state index is 13.2. The van der Waals surface area contributed by atoms with Gasteiger partial charge in [0.05, 0.1) is 0 Å². The van der Waals surface area contributed by atoms with Gasteiger partial charge in [-0.1, -0.05) is 88.1 Å². The minimum absolute atomic E-state index is 0.189. The fourth-order valence-electron chi connectivity index (χ4n) is 3.20. The second-order valence-electron chi connectivity index (χ2n) is 6.56. The van der Waals surface area contributed by atoms with E-state index >= 15 is 0 Å². The Morgan fingerprint density at radius 2 is 1.08 bits per heavy atom. The number of benzene rings is 2. The van der Waals surface area contributed by atoms with Crippen LogP contribution >= 0.6 is 0 Å². The number of aryl methyl sites for hydroxylation is 2. The van der Waals surface area contributed by atoms with Crippen LogP contribution in [0.25, 0.3) is 0 Å². The Bertz CT molecular complexity index is 586. The molecule has 0 fully saturated rings. The topological polar surface area (TPSA) is 17.1 Å². The van der Waals surface area contributed by atoms with E-state index in [1.165, 1.54) is 36.8 Å². The summed E-state index contributed by atoms with van der Waals surface area (Å²) in [5.74, 6) is 0.189. The standard InChI is InChI=1S/C23H30O/c1-3-5-7-13-19-15-9-11-17-21(19)23(24)22-18-12-10-16-20(22)14-8-6-4-2/h9-12,15-18H,3-8,13-14H2,1-2H3. The molecule has 0 aromatic heterocycles. The van der Waals surface area contributed by atoms with Gasteiger partial charge in [-0.05, 0) is 36.8 Å². The molecule has 0 radical (unpaired) electrons. The zero-order valence-electron chi connectivity index (χ0n) is 15.2. The molecule has 0 aliphatic heterocycles. The fraction of sp³-hybridized carbons (Fsp3) is 0.435. The number of hydrogen-bond acceptors (Lipinski definition) is 1.